The Labute approximate surface area is 198 Å². The lowest BCUT2D eigenvalue weighted by atomic mass is 9.94. The lowest BCUT2D eigenvalue weighted by Gasteiger charge is -2.45. The number of fused-ring (bicyclic) bond motifs is 1. The maximum atomic E-state index is 13.6. The van der Waals surface area contributed by atoms with E-state index in [1.807, 2.05) is 54.6 Å². The van der Waals surface area contributed by atoms with Gasteiger partial charge in [-0.15, -0.1) is 0 Å². The normalized spacial score (nSPS) is 22.6. The van der Waals surface area contributed by atoms with Gasteiger partial charge in [-0.3, -0.25) is 4.79 Å². The Hall–Kier alpha value is -3.61. The van der Waals surface area contributed by atoms with Crippen molar-refractivity contribution < 1.29 is 18.7 Å². The number of aryl methyl sites for hydroxylation is 1. The third-order valence-electron chi connectivity index (χ3n) is 6.75. The molecular weight excluding hydrogens is 433 g/mol. The zero-order chi connectivity index (χ0) is 24.0. The minimum atomic E-state index is -0.549. The molecule has 0 N–H and O–H groups in total. The van der Waals surface area contributed by atoms with E-state index in [1.165, 1.54) is 12.1 Å². The average molecular weight is 462 g/mol. The molecule has 2 atom stereocenters. The van der Waals surface area contributed by atoms with Crippen molar-refractivity contribution in [2.45, 2.75) is 51.3 Å². The summed E-state index contributed by atoms with van der Waals surface area (Å²) < 4.78 is 27.3. The number of imidazole rings is 1. The van der Waals surface area contributed by atoms with Gasteiger partial charge in [-0.2, -0.15) is 0 Å². The summed E-state index contributed by atoms with van der Waals surface area (Å²) in [6, 6.07) is 12.0. The van der Waals surface area contributed by atoms with Gasteiger partial charge >= 0.3 is 0 Å². The Kier molecular flexibility index (Phi) is 5.42. The maximum Gasteiger partial charge on any atom is 0.289 e. The fraction of sp³-hybridized carbons (Fsp3) is 0.333. The molecule has 5 rings (SSSR count). The number of hydrogen-bond donors (Lipinski definition) is 0. The molecule has 6 nitrogen and oxygen atoms in total. The molecule has 0 radical (unpaired) electrons. The van der Waals surface area contributed by atoms with Gasteiger partial charge in [0, 0.05) is 6.20 Å². The van der Waals surface area contributed by atoms with Crippen molar-refractivity contribution in [2.75, 3.05) is 7.11 Å². The van der Waals surface area contributed by atoms with Crippen LogP contribution in [0.3, 0.4) is 0 Å². The quantitative estimate of drug-likeness (QED) is 0.501. The Morgan fingerprint density at radius 3 is 2.62 bits per heavy atom. The predicted molar refractivity (Wildman–Crippen MR) is 127 cm³/mol. The number of halogens is 1. The Bertz CT molecular complexity index is 1260. The fourth-order valence-electron chi connectivity index (χ4n) is 5.10. The molecule has 34 heavy (non-hydrogen) atoms. The van der Waals surface area contributed by atoms with Gasteiger partial charge in [-0.25, -0.2) is 9.37 Å². The van der Waals surface area contributed by atoms with Gasteiger partial charge < -0.3 is 18.9 Å². The SMILES string of the molecule is COc1cc(/C=C2\OC(C)(C)C3CCC(c4ccc(F)cc4)N3C2=O)ccc1-n1cnc(C)c1. The van der Waals surface area contributed by atoms with Crippen LogP contribution in [-0.2, 0) is 9.53 Å². The van der Waals surface area contributed by atoms with Crippen molar-refractivity contribution in [2.24, 2.45) is 0 Å². The minimum Gasteiger partial charge on any atom is -0.495 e. The molecule has 7 heteroatoms. The Morgan fingerprint density at radius 2 is 1.94 bits per heavy atom. The van der Waals surface area contributed by atoms with Crippen LogP contribution in [0.15, 0.2) is 60.7 Å². The molecule has 176 valence electrons. The highest BCUT2D eigenvalue weighted by Gasteiger charge is 2.51. The summed E-state index contributed by atoms with van der Waals surface area (Å²) in [7, 11) is 1.62. The van der Waals surface area contributed by atoms with Crippen LogP contribution in [0.25, 0.3) is 11.8 Å². The molecule has 1 aromatic heterocycles. The third kappa shape index (κ3) is 3.85. The van der Waals surface area contributed by atoms with E-state index < -0.39 is 5.60 Å². The van der Waals surface area contributed by atoms with E-state index in [0.717, 1.165) is 35.3 Å². The molecule has 2 fully saturated rings. The largest absolute Gasteiger partial charge is 0.495 e. The molecule has 0 aliphatic carbocycles. The molecule has 0 saturated carbocycles. The first-order chi connectivity index (χ1) is 16.3. The summed E-state index contributed by atoms with van der Waals surface area (Å²) in [5.41, 5.74) is 2.96. The second-order valence-corrected chi connectivity index (χ2v) is 9.44. The van der Waals surface area contributed by atoms with E-state index in [0.29, 0.717) is 11.5 Å². The number of morpholine rings is 1. The van der Waals surface area contributed by atoms with Crippen molar-refractivity contribution in [1.29, 1.82) is 0 Å². The average Bonchev–Trinajstić information content (AvgIpc) is 3.45. The maximum absolute atomic E-state index is 13.6. The van der Waals surface area contributed by atoms with E-state index >= 15 is 0 Å². The van der Waals surface area contributed by atoms with Crippen LogP contribution in [0.2, 0.25) is 0 Å². The lowest BCUT2D eigenvalue weighted by Crippen LogP contribution is -2.55. The van der Waals surface area contributed by atoms with Gasteiger partial charge in [0.15, 0.2) is 5.76 Å². The van der Waals surface area contributed by atoms with Gasteiger partial charge in [0.25, 0.3) is 5.91 Å². The number of aromatic nitrogens is 2. The van der Waals surface area contributed by atoms with Crippen LogP contribution in [-0.4, -0.2) is 39.1 Å². The fourth-order valence-corrected chi connectivity index (χ4v) is 5.10. The standard InChI is InChI=1S/C27H28FN3O3/c1-17-15-30(16-29-17)22-10-5-18(13-23(22)33-4)14-24-26(32)31-21(19-6-8-20(28)9-7-19)11-12-25(31)27(2,3)34-24/h5-10,13-16,21,25H,11-12H2,1-4H3/b24-14-. The van der Waals surface area contributed by atoms with E-state index in [9.17, 15) is 9.18 Å². The second kappa shape index (κ2) is 8.31. The van der Waals surface area contributed by atoms with E-state index in [4.69, 9.17) is 9.47 Å². The van der Waals surface area contributed by atoms with Gasteiger partial charge in [-0.1, -0.05) is 18.2 Å². The van der Waals surface area contributed by atoms with E-state index in [2.05, 4.69) is 4.98 Å². The van der Waals surface area contributed by atoms with Crippen LogP contribution >= 0.6 is 0 Å². The highest BCUT2D eigenvalue weighted by atomic mass is 19.1. The van der Waals surface area contributed by atoms with Crippen LogP contribution in [0.1, 0.15) is 49.6 Å². The third-order valence-corrected chi connectivity index (χ3v) is 6.75. The smallest absolute Gasteiger partial charge is 0.289 e. The highest BCUT2D eigenvalue weighted by Crippen LogP contribution is 2.46. The molecule has 2 aliphatic rings. The topological polar surface area (TPSA) is 56.6 Å². The summed E-state index contributed by atoms with van der Waals surface area (Å²) >= 11 is 0. The molecule has 2 aliphatic heterocycles. The molecule has 3 aromatic rings. The Morgan fingerprint density at radius 1 is 1.18 bits per heavy atom. The molecule has 0 spiro atoms. The van der Waals surface area contributed by atoms with Gasteiger partial charge in [-0.05, 0) is 75.1 Å². The summed E-state index contributed by atoms with van der Waals surface area (Å²) in [6.07, 6.45) is 7.09. The van der Waals surface area contributed by atoms with Crippen molar-refractivity contribution >= 4 is 12.0 Å². The molecule has 1 amide bonds. The Balaban J connectivity index is 1.49. The first-order valence-electron chi connectivity index (χ1n) is 11.4. The molecule has 2 unspecified atom stereocenters. The first-order valence-corrected chi connectivity index (χ1v) is 11.4. The zero-order valence-electron chi connectivity index (χ0n) is 19.8. The predicted octanol–water partition coefficient (Wildman–Crippen LogP) is 5.21. The van der Waals surface area contributed by atoms with E-state index in [-0.39, 0.29) is 23.8 Å². The van der Waals surface area contributed by atoms with Crippen molar-refractivity contribution in [3.05, 3.63) is 83.4 Å². The molecule has 0 bridgehead atoms. The number of benzene rings is 2. The molecule has 2 saturated heterocycles. The van der Waals surface area contributed by atoms with Crippen LogP contribution in [0.4, 0.5) is 4.39 Å². The van der Waals surface area contributed by atoms with Crippen molar-refractivity contribution in [3.8, 4) is 11.4 Å². The van der Waals surface area contributed by atoms with Gasteiger partial charge in [0.05, 0.1) is 36.9 Å². The van der Waals surface area contributed by atoms with Crippen LogP contribution in [0, 0.1) is 12.7 Å². The zero-order valence-corrected chi connectivity index (χ0v) is 19.8. The summed E-state index contributed by atoms with van der Waals surface area (Å²) in [5.74, 6) is 0.529. The molecule has 2 aromatic carbocycles. The minimum absolute atomic E-state index is 0.0476. The summed E-state index contributed by atoms with van der Waals surface area (Å²) in [4.78, 5) is 19.8. The number of ether oxygens (including phenoxy) is 2. The van der Waals surface area contributed by atoms with Crippen LogP contribution in [0.5, 0.6) is 5.75 Å². The highest BCUT2D eigenvalue weighted by molar-refractivity contribution is 5.97. The monoisotopic (exact) mass is 461 g/mol. The van der Waals surface area contributed by atoms with E-state index in [1.54, 1.807) is 31.6 Å². The van der Waals surface area contributed by atoms with Crippen LogP contribution < -0.4 is 4.74 Å². The first kappa shape index (κ1) is 22.2. The number of carbonyl (C=O) groups excluding carboxylic acids is 1. The van der Waals surface area contributed by atoms with Gasteiger partial charge in [0.2, 0.25) is 0 Å². The number of rotatable bonds is 4. The second-order valence-electron chi connectivity index (χ2n) is 9.44. The number of amides is 1. The number of carbonyl (C=O) groups is 1. The molecule has 3 heterocycles. The number of nitrogens with zero attached hydrogens (tertiary/aromatic N) is 3. The summed E-state index contributed by atoms with van der Waals surface area (Å²) in [5, 5.41) is 0. The lowest BCUT2D eigenvalue weighted by molar-refractivity contribution is -0.155. The van der Waals surface area contributed by atoms with Crippen molar-refractivity contribution in [3.63, 3.8) is 0 Å². The molecular formula is C27H28FN3O3. The van der Waals surface area contributed by atoms with Crippen molar-refractivity contribution in [1.82, 2.24) is 14.5 Å². The number of hydrogen-bond acceptors (Lipinski definition) is 4. The number of methoxy groups -OCH3 is 1. The van der Waals surface area contributed by atoms with Gasteiger partial charge in [0.1, 0.15) is 17.2 Å². The summed E-state index contributed by atoms with van der Waals surface area (Å²) in [6.45, 7) is 5.96.